The Balaban J connectivity index is 1.29. The summed E-state index contributed by atoms with van der Waals surface area (Å²) in [5.74, 6) is -2.60. The van der Waals surface area contributed by atoms with Crippen LogP contribution in [-0.4, -0.2) is 106 Å². The number of fused-ring (bicyclic) bond motifs is 4. The summed E-state index contributed by atoms with van der Waals surface area (Å²) in [6.45, 7) is 9.84. The summed E-state index contributed by atoms with van der Waals surface area (Å²) in [5, 5.41) is 14.6. The van der Waals surface area contributed by atoms with E-state index in [-0.39, 0.29) is 38.3 Å². The number of halogens is 1. The molecule has 4 heterocycles. The van der Waals surface area contributed by atoms with Crippen LogP contribution in [0.15, 0.2) is 24.3 Å². The van der Waals surface area contributed by atoms with Gasteiger partial charge in [-0.2, -0.15) is 5.06 Å². The first kappa shape index (κ1) is 42.2. The van der Waals surface area contributed by atoms with Gasteiger partial charge in [-0.1, -0.05) is 51.7 Å². The van der Waals surface area contributed by atoms with Crippen molar-refractivity contribution in [2.24, 2.45) is 5.41 Å². The summed E-state index contributed by atoms with van der Waals surface area (Å²) in [7, 11) is 0. The number of amides is 2. The van der Waals surface area contributed by atoms with E-state index in [1.165, 1.54) is 0 Å². The average Bonchev–Trinajstić information content (AvgIpc) is 3.85. The molecule has 1 aliphatic carbocycles. The summed E-state index contributed by atoms with van der Waals surface area (Å²) >= 11 is 2.25. The van der Waals surface area contributed by atoms with E-state index in [2.05, 4.69) is 41.8 Å². The Morgan fingerprint density at radius 3 is 2.44 bits per heavy atom. The number of hydroxylamine groups is 2. The molecule has 5 fully saturated rings. The van der Waals surface area contributed by atoms with Crippen molar-refractivity contribution in [2.75, 3.05) is 13.2 Å². The fourth-order valence-electron chi connectivity index (χ4n) is 9.23. The SMILES string of the molecule is CCCCCC1(CCCCC)O[C@@H]2[C@H](O1)[C@H]1ON(Cc3cccc(I)c3)[C@@H]3C(=O)O[C@@H]2C[C@]13C(=O)N1CCC[C@@H]1C(=O)N[C@H](CO)CCC(=O)OC(C)(C)C. The van der Waals surface area contributed by atoms with Crippen LogP contribution in [0.5, 0.6) is 0 Å². The van der Waals surface area contributed by atoms with Crippen molar-refractivity contribution in [3.63, 3.8) is 0 Å². The van der Waals surface area contributed by atoms with Gasteiger partial charge in [-0.15, -0.1) is 0 Å². The quantitative estimate of drug-likeness (QED) is 0.119. The molecule has 2 amide bonds. The third-order valence-electron chi connectivity index (χ3n) is 11.7. The van der Waals surface area contributed by atoms with Crippen LogP contribution >= 0.6 is 22.6 Å². The van der Waals surface area contributed by atoms with Crippen LogP contribution in [-0.2, 0) is 49.5 Å². The molecule has 4 saturated heterocycles. The van der Waals surface area contributed by atoms with Crippen molar-refractivity contribution < 1.29 is 48.1 Å². The minimum Gasteiger partial charge on any atom is -0.460 e. The van der Waals surface area contributed by atoms with Gasteiger partial charge in [0, 0.05) is 35.8 Å². The van der Waals surface area contributed by atoms with Gasteiger partial charge in [-0.3, -0.25) is 24.0 Å². The standard InChI is InChI=1S/C41H60IN3O10/c1-6-8-10-19-40(20-11-9-7-2)53-32-30-23-41(34(37(49)51-30)45(55-35(41)33(32)54-40)24-26-14-12-15-27(42)22-26)38(50)44-21-13-16-29(44)36(48)43-28(25-46)17-18-31(47)52-39(3,4)5/h12,14-15,22,28-30,32-35,46H,6-11,13,16-21,23-25H2,1-5H3,(H,43,48)/t28-,29+,30+,32-,33-,34+,35+,41+/m0/s1. The fourth-order valence-corrected chi connectivity index (χ4v) is 9.84. The van der Waals surface area contributed by atoms with Gasteiger partial charge in [0.25, 0.3) is 0 Å². The van der Waals surface area contributed by atoms with Gasteiger partial charge in [-0.25, -0.2) is 0 Å². The highest BCUT2D eigenvalue weighted by Crippen LogP contribution is 2.59. The molecule has 8 atom stereocenters. The highest BCUT2D eigenvalue weighted by Gasteiger charge is 2.77. The maximum absolute atomic E-state index is 15.4. The Kier molecular flexibility index (Phi) is 13.5. The number of benzene rings is 1. The number of nitrogens with one attached hydrogen (secondary N) is 1. The molecule has 2 N–H and O–H groups in total. The lowest BCUT2D eigenvalue weighted by Gasteiger charge is -2.50. The summed E-state index contributed by atoms with van der Waals surface area (Å²) in [6.07, 6.45) is 5.87. The second-order valence-corrected chi connectivity index (χ2v) is 18.3. The summed E-state index contributed by atoms with van der Waals surface area (Å²) in [6, 6.07) is 5.30. The molecule has 0 unspecified atom stereocenters. The molecule has 13 nitrogen and oxygen atoms in total. The number of ether oxygens (including phenoxy) is 4. The van der Waals surface area contributed by atoms with E-state index < -0.39 is 77.2 Å². The number of likely N-dealkylation sites (tertiary alicyclic amines) is 1. The zero-order valence-corrected chi connectivity index (χ0v) is 35.2. The number of carbonyl (C=O) groups is 4. The molecule has 1 aromatic rings. The molecule has 6 rings (SSSR count). The largest absolute Gasteiger partial charge is 0.460 e. The number of aliphatic hydroxyl groups excluding tert-OH is 1. The van der Waals surface area contributed by atoms with Gasteiger partial charge in [0.1, 0.15) is 41.5 Å². The zero-order valence-electron chi connectivity index (χ0n) is 33.1. The van der Waals surface area contributed by atoms with Crippen molar-refractivity contribution >= 4 is 46.3 Å². The van der Waals surface area contributed by atoms with E-state index in [1.807, 2.05) is 24.3 Å². The van der Waals surface area contributed by atoms with E-state index in [0.717, 1.165) is 47.7 Å². The van der Waals surface area contributed by atoms with E-state index >= 15 is 4.79 Å². The van der Waals surface area contributed by atoms with Crippen LogP contribution in [0.25, 0.3) is 0 Å². The smallest absolute Gasteiger partial charge is 0.327 e. The van der Waals surface area contributed by atoms with Gasteiger partial charge in [0.2, 0.25) is 11.8 Å². The van der Waals surface area contributed by atoms with Gasteiger partial charge >= 0.3 is 11.9 Å². The van der Waals surface area contributed by atoms with Gasteiger partial charge < -0.3 is 34.3 Å². The maximum Gasteiger partial charge on any atom is 0.327 e. The van der Waals surface area contributed by atoms with Crippen molar-refractivity contribution in [3.8, 4) is 0 Å². The molecule has 5 aliphatic rings. The third kappa shape index (κ3) is 9.04. The highest BCUT2D eigenvalue weighted by atomic mass is 127. The third-order valence-corrected chi connectivity index (χ3v) is 12.4. The maximum atomic E-state index is 15.4. The average molecular weight is 882 g/mol. The minimum atomic E-state index is -1.40. The summed E-state index contributed by atoms with van der Waals surface area (Å²) < 4.78 is 26.6. The van der Waals surface area contributed by atoms with Crippen molar-refractivity contribution in [1.29, 1.82) is 0 Å². The Morgan fingerprint density at radius 1 is 1.07 bits per heavy atom. The number of aliphatic hydroxyl groups is 1. The molecular weight excluding hydrogens is 821 g/mol. The van der Waals surface area contributed by atoms with E-state index in [4.69, 9.17) is 23.8 Å². The lowest BCUT2D eigenvalue weighted by atomic mass is 9.62. The van der Waals surface area contributed by atoms with Crippen molar-refractivity contribution in [3.05, 3.63) is 33.4 Å². The van der Waals surface area contributed by atoms with Gasteiger partial charge in [0.05, 0.1) is 19.2 Å². The molecule has 4 aliphatic heterocycles. The monoisotopic (exact) mass is 881 g/mol. The molecule has 2 bridgehead atoms. The summed E-state index contributed by atoms with van der Waals surface area (Å²) in [5.41, 5.74) is -1.13. The molecule has 306 valence electrons. The second-order valence-electron chi connectivity index (χ2n) is 17.0. The van der Waals surface area contributed by atoms with Crippen LogP contribution in [0, 0.1) is 8.99 Å². The summed E-state index contributed by atoms with van der Waals surface area (Å²) in [4.78, 5) is 64.4. The number of carbonyl (C=O) groups excluding carboxylic acids is 4. The predicted molar refractivity (Wildman–Crippen MR) is 210 cm³/mol. The topological polar surface area (TPSA) is 153 Å². The van der Waals surface area contributed by atoms with Crippen LogP contribution in [0.2, 0.25) is 0 Å². The highest BCUT2D eigenvalue weighted by molar-refractivity contribution is 14.1. The van der Waals surface area contributed by atoms with Crippen LogP contribution in [0.4, 0.5) is 0 Å². The van der Waals surface area contributed by atoms with E-state index in [0.29, 0.717) is 32.2 Å². The lowest BCUT2D eigenvalue weighted by Crippen LogP contribution is -2.70. The number of hydrogen-bond acceptors (Lipinski definition) is 11. The van der Waals surface area contributed by atoms with Crippen LogP contribution in [0.3, 0.4) is 0 Å². The van der Waals surface area contributed by atoms with E-state index in [1.54, 1.807) is 30.7 Å². The zero-order chi connectivity index (χ0) is 39.5. The molecule has 55 heavy (non-hydrogen) atoms. The van der Waals surface area contributed by atoms with Gasteiger partial charge in [0.15, 0.2) is 11.8 Å². The van der Waals surface area contributed by atoms with Crippen LogP contribution in [0.1, 0.15) is 124 Å². The minimum absolute atomic E-state index is 0.0166. The molecule has 1 saturated carbocycles. The van der Waals surface area contributed by atoms with Gasteiger partial charge in [-0.05, 0) is 93.2 Å². The number of esters is 2. The molecule has 0 aromatic heterocycles. The normalized spacial score (nSPS) is 30.2. The first-order chi connectivity index (χ1) is 26.2. The van der Waals surface area contributed by atoms with Crippen molar-refractivity contribution in [1.82, 2.24) is 15.3 Å². The predicted octanol–water partition coefficient (Wildman–Crippen LogP) is 5.32. The second kappa shape index (κ2) is 17.6. The first-order valence-electron chi connectivity index (χ1n) is 20.4. The molecule has 14 heteroatoms. The number of hydrogen-bond donors (Lipinski definition) is 2. The number of rotatable bonds is 17. The Bertz CT molecular complexity index is 1540. The number of nitrogens with zero attached hydrogens (tertiary/aromatic N) is 2. The number of unbranched alkanes of at least 4 members (excludes halogenated alkanes) is 4. The molecular formula is C41H60IN3O10. The molecule has 0 radical (unpaired) electrons. The molecule has 1 aromatic carbocycles. The fraction of sp³-hybridized carbons (Fsp3) is 0.756. The van der Waals surface area contributed by atoms with Crippen molar-refractivity contribution in [2.45, 2.75) is 179 Å². The lowest BCUT2D eigenvalue weighted by molar-refractivity contribution is -0.225. The Morgan fingerprint density at radius 2 is 1.78 bits per heavy atom. The van der Waals surface area contributed by atoms with E-state index in [9.17, 15) is 19.5 Å². The van der Waals surface area contributed by atoms with Crippen LogP contribution < -0.4 is 5.32 Å². The first-order valence-corrected chi connectivity index (χ1v) is 21.5. The Hall–Kier alpha value is -2.37. The molecule has 0 spiro atoms. The Labute approximate surface area is 338 Å².